The number of nitrogens with zero attached hydrogens (tertiary/aromatic N) is 6. The predicted molar refractivity (Wildman–Crippen MR) is 127 cm³/mol. The van der Waals surface area contributed by atoms with Gasteiger partial charge in [-0.2, -0.15) is 9.61 Å². The fourth-order valence-electron chi connectivity index (χ4n) is 4.32. The van der Waals surface area contributed by atoms with Crippen molar-refractivity contribution in [2.45, 2.75) is 38.3 Å². The number of aryl methyl sites for hydroxylation is 2. The van der Waals surface area contributed by atoms with E-state index in [0.29, 0.717) is 16.9 Å². The molecule has 1 aliphatic carbocycles. The van der Waals surface area contributed by atoms with Gasteiger partial charge in [0.05, 0.1) is 11.1 Å². The van der Waals surface area contributed by atoms with Crippen LogP contribution >= 0.6 is 23.1 Å². The van der Waals surface area contributed by atoms with Crippen LogP contribution in [-0.4, -0.2) is 40.9 Å². The number of carbonyl (C=O) groups is 1. The largest absolute Gasteiger partial charge is 0.325 e. The zero-order valence-corrected chi connectivity index (χ0v) is 19.3. The molecular weight excluding hydrogens is 442 g/mol. The number of amides is 1. The van der Waals surface area contributed by atoms with Crippen molar-refractivity contribution in [3.63, 3.8) is 0 Å². The fourth-order valence-corrected chi connectivity index (χ4v) is 6.61. The molecule has 32 heavy (non-hydrogen) atoms. The normalized spacial score (nSPS) is 16.1. The summed E-state index contributed by atoms with van der Waals surface area (Å²) in [4.78, 5) is 19.6. The summed E-state index contributed by atoms with van der Waals surface area (Å²) in [5.74, 6) is 1.47. The van der Waals surface area contributed by atoms with Crippen LogP contribution in [0.5, 0.6) is 0 Å². The molecule has 0 saturated heterocycles. The van der Waals surface area contributed by atoms with E-state index in [0.717, 1.165) is 40.0 Å². The van der Waals surface area contributed by atoms with Crippen LogP contribution in [0.15, 0.2) is 35.7 Å². The molecule has 4 heterocycles. The zero-order valence-electron chi connectivity index (χ0n) is 17.7. The lowest BCUT2D eigenvalue weighted by Gasteiger charge is -2.17. The van der Waals surface area contributed by atoms with E-state index in [2.05, 4.69) is 32.5 Å². The summed E-state index contributed by atoms with van der Waals surface area (Å²) in [6.07, 6.45) is 4.88. The van der Waals surface area contributed by atoms with E-state index in [4.69, 9.17) is 0 Å². The van der Waals surface area contributed by atoms with E-state index < -0.39 is 0 Å². The summed E-state index contributed by atoms with van der Waals surface area (Å²) >= 11 is 3.18. The number of fused-ring (bicyclic) bond motifs is 8. The van der Waals surface area contributed by atoms with E-state index in [-0.39, 0.29) is 11.7 Å². The minimum Gasteiger partial charge on any atom is -0.325 e. The lowest BCUT2D eigenvalue weighted by molar-refractivity contribution is -0.113. The number of nitrogens with one attached hydrogen (secondary N) is 1. The van der Waals surface area contributed by atoms with Gasteiger partial charge in [0.15, 0.2) is 10.8 Å². The van der Waals surface area contributed by atoms with Crippen molar-refractivity contribution in [1.82, 2.24) is 29.2 Å². The van der Waals surface area contributed by atoms with Gasteiger partial charge in [-0.05, 0) is 49.8 Å². The van der Waals surface area contributed by atoms with E-state index >= 15 is 0 Å². The molecule has 1 aromatic carbocycles. The molecule has 5 aromatic rings. The van der Waals surface area contributed by atoms with Gasteiger partial charge in [0.2, 0.25) is 5.91 Å². The Kier molecular flexibility index (Phi) is 4.65. The number of thiophene rings is 1. The third-order valence-corrected chi connectivity index (χ3v) is 8.11. The third-order valence-electron chi connectivity index (χ3n) is 5.94. The Bertz CT molecular complexity index is 1480. The lowest BCUT2D eigenvalue weighted by Crippen LogP contribution is -2.14. The second-order valence-corrected chi connectivity index (χ2v) is 10.4. The summed E-state index contributed by atoms with van der Waals surface area (Å²) in [6.45, 7) is 4.33. The molecule has 1 atom stereocenters. The Hall–Kier alpha value is -2.98. The van der Waals surface area contributed by atoms with Crippen LogP contribution in [0, 0.1) is 12.8 Å². The van der Waals surface area contributed by atoms with Gasteiger partial charge >= 0.3 is 0 Å². The van der Waals surface area contributed by atoms with E-state index in [1.165, 1.54) is 28.6 Å². The molecule has 0 radical (unpaired) electrons. The first-order chi connectivity index (χ1) is 15.6. The van der Waals surface area contributed by atoms with E-state index in [1.807, 2.05) is 35.6 Å². The van der Waals surface area contributed by atoms with Crippen molar-refractivity contribution in [2.24, 2.45) is 5.92 Å². The minimum atomic E-state index is -0.0759. The number of rotatable bonds is 4. The van der Waals surface area contributed by atoms with Crippen LogP contribution in [0.2, 0.25) is 0 Å². The maximum absolute atomic E-state index is 12.5. The molecule has 1 amide bonds. The Labute approximate surface area is 192 Å². The molecule has 4 aromatic heterocycles. The lowest BCUT2D eigenvalue weighted by atomic mass is 9.89. The van der Waals surface area contributed by atoms with Gasteiger partial charge < -0.3 is 5.32 Å². The number of hydrogen-bond donors (Lipinski definition) is 1. The van der Waals surface area contributed by atoms with Crippen molar-refractivity contribution < 1.29 is 4.79 Å². The molecule has 1 aliphatic rings. The van der Waals surface area contributed by atoms with Gasteiger partial charge in [-0.1, -0.05) is 36.4 Å². The van der Waals surface area contributed by atoms with Crippen LogP contribution in [0.25, 0.3) is 21.6 Å². The second-order valence-electron chi connectivity index (χ2n) is 8.35. The summed E-state index contributed by atoms with van der Waals surface area (Å²) in [5, 5.41) is 18.0. The van der Waals surface area contributed by atoms with Crippen LogP contribution in [0.4, 0.5) is 5.69 Å². The molecule has 0 saturated carbocycles. The molecular formula is C22H21N7OS2. The smallest absolute Gasteiger partial charge is 0.260 e. The first-order valence-electron chi connectivity index (χ1n) is 10.6. The minimum absolute atomic E-state index is 0.0759. The van der Waals surface area contributed by atoms with Crippen molar-refractivity contribution in [1.29, 1.82) is 0 Å². The monoisotopic (exact) mass is 463 g/mol. The number of hydrogen-bond acceptors (Lipinski definition) is 7. The number of thioether (sulfide) groups is 1. The molecule has 1 unspecified atom stereocenters. The average Bonchev–Trinajstić information content (AvgIpc) is 3.49. The van der Waals surface area contributed by atoms with Gasteiger partial charge in [0, 0.05) is 10.6 Å². The van der Waals surface area contributed by atoms with E-state index in [1.54, 1.807) is 22.2 Å². The molecule has 162 valence electrons. The average molecular weight is 464 g/mol. The Morgan fingerprint density at radius 2 is 2.12 bits per heavy atom. The van der Waals surface area contributed by atoms with Gasteiger partial charge in [0.25, 0.3) is 5.78 Å². The molecule has 8 nitrogen and oxygen atoms in total. The molecule has 0 spiro atoms. The summed E-state index contributed by atoms with van der Waals surface area (Å²) in [6, 6.07) is 7.78. The second kappa shape index (κ2) is 7.56. The number of aromatic nitrogens is 6. The number of benzene rings is 1. The predicted octanol–water partition coefficient (Wildman–Crippen LogP) is 4.15. The number of carbonyl (C=O) groups excluding carboxylic acids is 1. The highest BCUT2D eigenvalue weighted by atomic mass is 32.2. The van der Waals surface area contributed by atoms with E-state index in [9.17, 15) is 4.79 Å². The highest BCUT2D eigenvalue weighted by Gasteiger charge is 2.26. The van der Waals surface area contributed by atoms with Gasteiger partial charge in [0.1, 0.15) is 11.2 Å². The molecule has 0 bridgehead atoms. The first kappa shape index (κ1) is 19.7. The Morgan fingerprint density at radius 3 is 2.97 bits per heavy atom. The first-order valence-corrected chi connectivity index (χ1v) is 12.4. The van der Waals surface area contributed by atoms with Gasteiger partial charge in [-0.25, -0.2) is 9.38 Å². The van der Waals surface area contributed by atoms with Crippen molar-refractivity contribution in [2.75, 3.05) is 11.1 Å². The highest BCUT2D eigenvalue weighted by Crippen LogP contribution is 2.40. The SMILES string of the molecule is Cc1ccc(NC(=O)CSc2nnc3n4ncnc4c4c5c(sc4n23)CC(C)CC5)cc1. The summed E-state index contributed by atoms with van der Waals surface area (Å²) in [7, 11) is 0. The third kappa shape index (κ3) is 3.17. The summed E-state index contributed by atoms with van der Waals surface area (Å²) < 4.78 is 3.80. The summed E-state index contributed by atoms with van der Waals surface area (Å²) in [5.41, 5.74) is 4.16. The zero-order chi connectivity index (χ0) is 21.8. The molecule has 0 fully saturated rings. The van der Waals surface area contributed by atoms with Gasteiger partial charge in [-0.3, -0.25) is 4.79 Å². The number of anilines is 1. The maximum atomic E-state index is 12.5. The molecule has 1 N–H and O–H groups in total. The fraction of sp³-hybridized carbons (Fsp3) is 0.318. The van der Waals surface area contributed by atoms with Crippen LogP contribution in [0.3, 0.4) is 0 Å². The van der Waals surface area contributed by atoms with Crippen LogP contribution in [0.1, 0.15) is 29.3 Å². The van der Waals surface area contributed by atoms with Crippen molar-refractivity contribution in [3.8, 4) is 0 Å². The Morgan fingerprint density at radius 1 is 1.28 bits per heavy atom. The quantitative estimate of drug-likeness (QED) is 0.403. The Balaban J connectivity index is 1.38. The molecule has 10 heteroatoms. The molecule has 6 rings (SSSR count). The highest BCUT2D eigenvalue weighted by molar-refractivity contribution is 7.99. The van der Waals surface area contributed by atoms with Crippen molar-refractivity contribution >= 4 is 56.3 Å². The molecule has 0 aliphatic heterocycles. The standard InChI is InChI=1S/C22H21N7OS2/c1-12-3-6-14(7-4-12)25-17(30)10-31-22-27-26-21-28(22)20-18(19-23-11-24-29(19)21)15-8-5-13(2)9-16(15)32-20/h3-4,6-7,11,13H,5,8-10H2,1-2H3,(H,25,30). The van der Waals surface area contributed by atoms with Crippen LogP contribution in [-0.2, 0) is 17.6 Å². The van der Waals surface area contributed by atoms with Crippen LogP contribution < -0.4 is 5.32 Å². The van der Waals surface area contributed by atoms with Gasteiger partial charge in [-0.15, -0.1) is 21.5 Å². The topological polar surface area (TPSA) is 89.5 Å². The van der Waals surface area contributed by atoms with Crippen molar-refractivity contribution in [3.05, 3.63) is 46.6 Å². The maximum Gasteiger partial charge on any atom is 0.260 e.